The number of fused-ring (bicyclic) bond motifs is 1. The zero-order valence-electron chi connectivity index (χ0n) is 15.9. The second-order valence-electron chi connectivity index (χ2n) is 6.71. The Morgan fingerprint density at radius 3 is 2.52 bits per heavy atom. The van der Waals surface area contributed by atoms with Crippen molar-refractivity contribution in [3.8, 4) is 0 Å². The Hall–Kier alpha value is -3.04. The molecule has 1 atom stereocenters. The van der Waals surface area contributed by atoms with Crippen molar-refractivity contribution >= 4 is 51.7 Å². The summed E-state index contributed by atoms with van der Waals surface area (Å²) < 4.78 is 40.6. The number of nitrogens with zero attached hydrogens (tertiary/aromatic N) is 3. The Morgan fingerprint density at radius 1 is 1.03 bits per heavy atom. The molecule has 1 unspecified atom stereocenters. The molecule has 4 aromatic rings. The molecule has 2 aromatic carbocycles. The molecule has 0 radical (unpaired) electrons. The molecular formula is C20H15Cl2F3N6. The van der Waals surface area contributed by atoms with Crippen molar-refractivity contribution < 1.29 is 13.2 Å². The third-order valence-electron chi connectivity index (χ3n) is 4.44. The number of rotatable bonds is 5. The molecule has 4 rings (SSSR count). The van der Waals surface area contributed by atoms with E-state index in [9.17, 15) is 13.2 Å². The molecule has 160 valence electrons. The number of H-pyrrole nitrogens is 1. The number of hydrogen-bond acceptors (Lipinski definition) is 5. The smallest absolute Gasteiger partial charge is 0.360 e. The van der Waals surface area contributed by atoms with Crippen LogP contribution in [0, 0.1) is 0 Å². The molecule has 2 aromatic heterocycles. The Morgan fingerprint density at radius 2 is 1.81 bits per heavy atom. The van der Waals surface area contributed by atoms with Crippen LogP contribution >= 0.6 is 23.2 Å². The lowest BCUT2D eigenvalue weighted by atomic mass is 10.2. The van der Waals surface area contributed by atoms with E-state index in [1.165, 1.54) is 6.07 Å². The molecule has 0 aliphatic carbocycles. The van der Waals surface area contributed by atoms with E-state index in [1.54, 1.807) is 19.1 Å². The summed E-state index contributed by atoms with van der Waals surface area (Å²) in [7, 11) is 0. The van der Waals surface area contributed by atoms with Crippen molar-refractivity contribution in [3.63, 3.8) is 0 Å². The van der Waals surface area contributed by atoms with Crippen LogP contribution in [0.3, 0.4) is 0 Å². The number of benzene rings is 2. The van der Waals surface area contributed by atoms with Crippen LogP contribution in [0.1, 0.15) is 24.4 Å². The van der Waals surface area contributed by atoms with E-state index >= 15 is 0 Å². The average molecular weight is 467 g/mol. The molecule has 3 N–H and O–H groups in total. The van der Waals surface area contributed by atoms with E-state index in [-0.39, 0.29) is 16.8 Å². The molecule has 11 heteroatoms. The van der Waals surface area contributed by atoms with E-state index in [4.69, 9.17) is 23.2 Å². The molecular weight excluding hydrogens is 452 g/mol. The summed E-state index contributed by atoms with van der Waals surface area (Å²) >= 11 is 11.9. The van der Waals surface area contributed by atoms with Crippen molar-refractivity contribution in [3.05, 3.63) is 70.1 Å². The first-order chi connectivity index (χ1) is 14.7. The van der Waals surface area contributed by atoms with E-state index in [0.717, 1.165) is 11.7 Å². The molecule has 0 aliphatic heterocycles. The fraction of sp³-hybridized carbons (Fsp3) is 0.150. The highest BCUT2D eigenvalue weighted by Gasteiger charge is 2.36. The van der Waals surface area contributed by atoms with E-state index < -0.39 is 17.8 Å². The van der Waals surface area contributed by atoms with Gasteiger partial charge in [-0.2, -0.15) is 18.2 Å². The molecule has 0 saturated heterocycles. The molecule has 0 bridgehead atoms. The van der Waals surface area contributed by atoms with Gasteiger partial charge in [-0.25, -0.2) is 9.97 Å². The van der Waals surface area contributed by atoms with Crippen LogP contribution < -0.4 is 10.6 Å². The van der Waals surface area contributed by atoms with Crippen LogP contribution in [-0.4, -0.2) is 19.9 Å². The highest BCUT2D eigenvalue weighted by Crippen LogP contribution is 2.35. The molecule has 0 fully saturated rings. The van der Waals surface area contributed by atoms with Crippen LogP contribution in [0.25, 0.3) is 11.0 Å². The van der Waals surface area contributed by atoms with Crippen molar-refractivity contribution in [1.82, 2.24) is 19.9 Å². The number of alkyl halides is 3. The van der Waals surface area contributed by atoms with Crippen molar-refractivity contribution in [2.24, 2.45) is 0 Å². The molecule has 0 aliphatic rings. The monoisotopic (exact) mass is 466 g/mol. The van der Waals surface area contributed by atoms with Gasteiger partial charge in [0.05, 0.1) is 27.1 Å². The van der Waals surface area contributed by atoms with Gasteiger partial charge in [-0.15, -0.1) is 0 Å². The minimum absolute atomic E-state index is 0.0364. The fourth-order valence-electron chi connectivity index (χ4n) is 2.91. The van der Waals surface area contributed by atoms with Gasteiger partial charge >= 0.3 is 6.18 Å². The zero-order chi connectivity index (χ0) is 22.2. The zero-order valence-corrected chi connectivity index (χ0v) is 17.4. The third kappa shape index (κ3) is 4.67. The van der Waals surface area contributed by atoms with E-state index in [0.29, 0.717) is 22.1 Å². The van der Waals surface area contributed by atoms with Gasteiger partial charge in [0.15, 0.2) is 0 Å². The summed E-state index contributed by atoms with van der Waals surface area (Å²) in [5.41, 5.74) is 0.985. The lowest BCUT2D eigenvalue weighted by molar-refractivity contribution is -0.137. The van der Waals surface area contributed by atoms with Gasteiger partial charge < -0.3 is 15.6 Å². The minimum atomic E-state index is -4.64. The number of hydrogen-bond donors (Lipinski definition) is 3. The van der Waals surface area contributed by atoms with Gasteiger partial charge in [0.25, 0.3) is 0 Å². The largest absolute Gasteiger partial charge is 0.421 e. The predicted octanol–water partition coefficient (Wildman–Crippen LogP) is 6.60. The Labute approximate surface area is 184 Å². The minimum Gasteiger partial charge on any atom is -0.360 e. The van der Waals surface area contributed by atoms with Gasteiger partial charge in [0.2, 0.25) is 5.95 Å². The van der Waals surface area contributed by atoms with Crippen molar-refractivity contribution in [2.45, 2.75) is 19.1 Å². The van der Waals surface area contributed by atoms with Crippen molar-refractivity contribution in [1.29, 1.82) is 0 Å². The molecule has 31 heavy (non-hydrogen) atoms. The summed E-state index contributed by atoms with van der Waals surface area (Å²) in [5, 5.41) is 6.26. The number of anilines is 3. The summed E-state index contributed by atoms with van der Waals surface area (Å²) in [6.45, 7) is 1.69. The van der Waals surface area contributed by atoms with Gasteiger partial charge in [0, 0.05) is 11.9 Å². The number of imidazole rings is 1. The van der Waals surface area contributed by atoms with E-state index in [1.807, 2.05) is 24.3 Å². The SMILES string of the molecule is CC(Nc1nc(Nc2ccc(Cl)c(Cl)c2)ncc1C(F)(F)F)c1nc2ccccc2[nH]1. The Kier molecular flexibility index (Phi) is 5.63. The summed E-state index contributed by atoms with van der Waals surface area (Å²) in [4.78, 5) is 15.3. The Balaban J connectivity index is 1.64. The maximum absolute atomic E-state index is 13.5. The standard InChI is InChI=1S/C20H15Cl2F3N6/c1-10(17-29-15-4-2-3-5-16(15)30-17)27-18-12(20(23,24)25)9-26-19(31-18)28-11-6-7-13(21)14(22)8-11/h2-10H,1H3,(H,29,30)(H2,26,27,28,31). The average Bonchev–Trinajstić information content (AvgIpc) is 3.14. The molecule has 2 heterocycles. The normalized spacial score (nSPS) is 12.7. The van der Waals surface area contributed by atoms with Gasteiger partial charge in [-0.05, 0) is 37.3 Å². The van der Waals surface area contributed by atoms with Gasteiger partial charge in [-0.3, -0.25) is 0 Å². The highest BCUT2D eigenvalue weighted by molar-refractivity contribution is 6.42. The highest BCUT2D eigenvalue weighted by atomic mass is 35.5. The lowest BCUT2D eigenvalue weighted by Crippen LogP contribution is -2.17. The predicted molar refractivity (Wildman–Crippen MR) is 115 cm³/mol. The second-order valence-corrected chi connectivity index (χ2v) is 7.53. The van der Waals surface area contributed by atoms with E-state index in [2.05, 4.69) is 30.6 Å². The summed E-state index contributed by atoms with van der Waals surface area (Å²) in [6.07, 6.45) is -3.92. The lowest BCUT2D eigenvalue weighted by Gasteiger charge is -2.18. The molecule has 6 nitrogen and oxygen atoms in total. The van der Waals surface area contributed by atoms with Crippen LogP contribution in [0.4, 0.5) is 30.6 Å². The second kappa shape index (κ2) is 8.24. The quantitative estimate of drug-likeness (QED) is 0.309. The molecule has 0 amide bonds. The maximum atomic E-state index is 13.5. The number of nitrogens with one attached hydrogen (secondary N) is 3. The van der Waals surface area contributed by atoms with Gasteiger partial charge in [-0.1, -0.05) is 35.3 Å². The third-order valence-corrected chi connectivity index (χ3v) is 5.18. The fourth-order valence-corrected chi connectivity index (χ4v) is 3.21. The molecule has 0 saturated carbocycles. The van der Waals surface area contributed by atoms with Crippen LogP contribution in [0.2, 0.25) is 10.0 Å². The number of halogens is 5. The first-order valence-electron chi connectivity index (χ1n) is 9.08. The number of para-hydroxylation sites is 2. The summed E-state index contributed by atoms with van der Waals surface area (Å²) in [5.74, 6) is 0.0654. The van der Waals surface area contributed by atoms with Crippen molar-refractivity contribution in [2.75, 3.05) is 10.6 Å². The first-order valence-corrected chi connectivity index (χ1v) is 9.84. The van der Waals surface area contributed by atoms with Crippen LogP contribution in [0.5, 0.6) is 0 Å². The topological polar surface area (TPSA) is 78.5 Å². The Bertz CT molecular complexity index is 1210. The molecule has 0 spiro atoms. The maximum Gasteiger partial charge on any atom is 0.421 e. The van der Waals surface area contributed by atoms with Gasteiger partial charge in [0.1, 0.15) is 17.2 Å². The summed E-state index contributed by atoms with van der Waals surface area (Å²) in [6, 6.07) is 11.4. The number of aromatic nitrogens is 4. The number of aromatic amines is 1. The van der Waals surface area contributed by atoms with Crippen LogP contribution in [-0.2, 0) is 6.18 Å². The first kappa shape index (κ1) is 21.2. The van der Waals surface area contributed by atoms with Crippen LogP contribution in [0.15, 0.2) is 48.7 Å².